The summed E-state index contributed by atoms with van der Waals surface area (Å²) in [4.78, 5) is 34.0. The third-order valence-electron chi connectivity index (χ3n) is 4.88. The number of nitrogens with one attached hydrogen (secondary N) is 1. The van der Waals surface area contributed by atoms with E-state index in [0.29, 0.717) is 36.0 Å². The maximum atomic E-state index is 12.7. The van der Waals surface area contributed by atoms with Crippen LogP contribution >= 0.6 is 0 Å². The Morgan fingerprint density at radius 3 is 2.85 bits per heavy atom. The van der Waals surface area contributed by atoms with Gasteiger partial charge in [0, 0.05) is 25.1 Å². The topological polar surface area (TPSA) is 66.1 Å². The van der Waals surface area contributed by atoms with E-state index in [9.17, 15) is 9.59 Å². The Labute approximate surface area is 151 Å². The summed E-state index contributed by atoms with van der Waals surface area (Å²) in [5.41, 5.74) is 2.86. The summed E-state index contributed by atoms with van der Waals surface area (Å²) in [5, 5.41) is 0.595. The molecule has 1 aromatic heterocycles. The van der Waals surface area contributed by atoms with E-state index in [1.54, 1.807) is 6.07 Å². The van der Waals surface area contributed by atoms with Gasteiger partial charge >= 0.3 is 0 Å². The van der Waals surface area contributed by atoms with Gasteiger partial charge in [0.2, 0.25) is 5.91 Å². The highest BCUT2D eigenvalue weighted by Crippen LogP contribution is 2.27. The standard InChI is InChI=1S/C21H21N3O2/c25-20(24-14-6-8-15-7-1-4-11-18(15)24)13-5-12-19-22-17-10-3-2-9-16(17)21(26)23-19/h1-4,7,9-11H,5-6,8,12-14H2,(H,22,23,26). The van der Waals surface area contributed by atoms with Crippen molar-refractivity contribution in [3.63, 3.8) is 0 Å². The molecule has 5 heteroatoms. The zero-order valence-corrected chi connectivity index (χ0v) is 14.6. The third kappa shape index (κ3) is 3.25. The number of rotatable bonds is 4. The van der Waals surface area contributed by atoms with Gasteiger partial charge in [-0.15, -0.1) is 0 Å². The van der Waals surface area contributed by atoms with Gasteiger partial charge in [0.05, 0.1) is 10.9 Å². The number of hydrogen-bond donors (Lipinski definition) is 1. The summed E-state index contributed by atoms with van der Waals surface area (Å²) < 4.78 is 0. The van der Waals surface area contributed by atoms with Crippen LogP contribution in [0.1, 0.15) is 30.7 Å². The van der Waals surface area contributed by atoms with Crippen LogP contribution in [0.25, 0.3) is 10.9 Å². The Kier molecular flexibility index (Phi) is 4.52. The number of aromatic amines is 1. The Balaban J connectivity index is 1.42. The average Bonchev–Trinajstić information content (AvgIpc) is 2.67. The molecule has 1 aliphatic heterocycles. The molecule has 2 heterocycles. The number of H-pyrrole nitrogens is 1. The van der Waals surface area contributed by atoms with Crippen LogP contribution in [0.3, 0.4) is 0 Å². The molecule has 132 valence electrons. The molecule has 0 saturated heterocycles. The summed E-state index contributed by atoms with van der Waals surface area (Å²) in [7, 11) is 0. The summed E-state index contributed by atoms with van der Waals surface area (Å²) in [6.45, 7) is 0.779. The fourth-order valence-corrected chi connectivity index (χ4v) is 3.59. The van der Waals surface area contributed by atoms with Gasteiger partial charge in [-0.05, 0) is 43.0 Å². The van der Waals surface area contributed by atoms with E-state index < -0.39 is 0 Å². The molecule has 0 unspecified atom stereocenters. The number of carbonyl (C=O) groups is 1. The van der Waals surface area contributed by atoms with Gasteiger partial charge in [-0.2, -0.15) is 0 Å². The van der Waals surface area contributed by atoms with Crippen LogP contribution in [0.4, 0.5) is 5.69 Å². The highest BCUT2D eigenvalue weighted by molar-refractivity contribution is 5.94. The molecule has 0 atom stereocenters. The van der Waals surface area contributed by atoms with Gasteiger partial charge in [0.1, 0.15) is 5.82 Å². The number of anilines is 1. The van der Waals surface area contributed by atoms with Crippen LogP contribution in [0.2, 0.25) is 0 Å². The van der Waals surface area contributed by atoms with Crippen LogP contribution in [-0.4, -0.2) is 22.4 Å². The zero-order valence-electron chi connectivity index (χ0n) is 14.6. The van der Waals surface area contributed by atoms with Crippen LogP contribution in [-0.2, 0) is 17.6 Å². The molecule has 1 aliphatic rings. The molecule has 1 amide bonds. The van der Waals surface area contributed by atoms with Gasteiger partial charge in [0.15, 0.2) is 0 Å². The fourth-order valence-electron chi connectivity index (χ4n) is 3.59. The molecule has 26 heavy (non-hydrogen) atoms. The van der Waals surface area contributed by atoms with Gasteiger partial charge < -0.3 is 9.88 Å². The summed E-state index contributed by atoms with van der Waals surface area (Å²) in [5.74, 6) is 0.779. The van der Waals surface area contributed by atoms with Crippen molar-refractivity contribution >= 4 is 22.5 Å². The van der Waals surface area contributed by atoms with E-state index in [-0.39, 0.29) is 11.5 Å². The lowest BCUT2D eigenvalue weighted by molar-refractivity contribution is -0.118. The van der Waals surface area contributed by atoms with Crippen molar-refractivity contribution in [3.05, 3.63) is 70.3 Å². The Morgan fingerprint density at radius 2 is 1.92 bits per heavy atom. The summed E-state index contributed by atoms with van der Waals surface area (Å²) in [6, 6.07) is 15.4. The van der Waals surface area contributed by atoms with E-state index in [4.69, 9.17) is 0 Å². The second-order valence-corrected chi connectivity index (χ2v) is 6.66. The minimum absolute atomic E-state index is 0.123. The molecule has 0 saturated carbocycles. The monoisotopic (exact) mass is 347 g/mol. The van der Waals surface area contributed by atoms with Gasteiger partial charge in [-0.25, -0.2) is 4.98 Å². The second kappa shape index (κ2) is 7.12. The van der Waals surface area contributed by atoms with E-state index in [0.717, 1.165) is 25.1 Å². The predicted molar refractivity (Wildman–Crippen MR) is 102 cm³/mol. The van der Waals surface area contributed by atoms with Gasteiger partial charge in [-0.1, -0.05) is 30.3 Å². The minimum atomic E-state index is -0.123. The molecule has 4 rings (SSSR count). The Bertz CT molecular complexity index is 1010. The zero-order chi connectivity index (χ0) is 17.9. The highest BCUT2D eigenvalue weighted by Gasteiger charge is 2.21. The fraction of sp³-hybridized carbons (Fsp3) is 0.286. The first-order valence-electron chi connectivity index (χ1n) is 9.08. The molecule has 5 nitrogen and oxygen atoms in total. The smallest absolute Gasteiger partial charge is 0.258 e. The number of aromatic nitrogens is 2. The number of hydrogen-bond acceptors (Lipinski definition) is 3. The molecule has 0 bridgehead atoms. The average molecular weight is 347 g/mol. The van der Waals surface area contributed by atoms with Crippen LogP contribution in [0.5, 0.6) is 0 Å². The van der Waals surface area contributed by atoms with Crippen molar-refractivity contribution in [2.45, 2.75) is 32.1 Å². The number of para-hydroxylation sites is 2. The first-order chi connectivity index (χ1) is 12.7. The SMILES string of the molecule is O=C(CCCc1nc2ccccc2c(=O)[nH]1)N1CCCc2ccccc21. The van der Waals surface area contributed by atoms with Crippen molar-refractivity contribution in [2.75, 3.05) is 11.4 Å². The van der Waals surface area contributed by atoms with E-state index in [1.807, 2.05) is 41.3 Å². The van der Waals surface area contributed by atoms with Crippen molar-refractivity contribution in [1.29, 1.82) is 0 Å². The number of nitrogens with zero attached hydrogens (tertiary/aromatic N) is 2. The lowest BCUT2D eigenvalue weighted by Crippen LogP contribution is -2.35. The lowest BCUT2D eigenvalue weighted by Gasteiger charge is -2.29. The molecule has 0 aliphatic carbocycles. The quantitative estimate of drug-likeness (QED) is 0.788. The summed E-state index contributed by atoms with van der Waals surface area (Å²) in [6.07, 6.45) is 3.73. The molecule has 0 fully saturated rings. The van der Waals surface area contributed by atoms with E-state index >= 15 is 0 Å². The molecule has 1 N–H and O–H groups in total. The molecule has 0 spiro atoms. The second-order valence-electron chi connectivity index (χ2n) is 6.66. The largest absolute Gasteiger partial charge is 0.312 e. The van der Waals surface area contributed by atoms with Crippen molar-refractivity contribution in [1.82, 2.24) is 9.97 Å². The van der Waals surface area contributed by atoms with Crippen LogP contribution < -0.4 is 10.5 Å². The van der Waals surface area contributed by atoms with E-state index in [2.05, 4.69) is 16.0 Å². The van der Waals surface area contributed by atoms with Gasteiger partial charge in [-0.3, -0.25) is 9.59 Å². The maximum Gasteiger partial charge on any atom is 0.258 e. The Morgan fingerprint density at radius 1 is 1.12 bits per heavy atom. The van der Waals surface area contributed by atoms with Crippen molar-refractivity contribution in [2.24, 2.45) is 0 Å². The number of amides is 1. The lowest BCUT2D eigenvalue weighted by atomic mass is 10.0. The Hall–Kier alpha value is -2.95. The number of carbonyl (C=O) groups excluding carboxylic acids is 1. The predicted octanol–water partition coefficient (Wildman–Crippen LogP) is 3.23. The third-order valence-corrected chi connectivity index (χ3v) is 4.88. The normalized spacial score (nSPS) is 13.6. The van der Waals surface area contributed by atoms with Crippen molar-refractivity contribution < 1.29 is 4.79 Å². The number of aryl methyl sites for hydroxylation is 2. The maximum absolute atomic E-state index is 12.7. The first kappa shape index (κ1) is 16.5. The number of benzene rings is 2. The van der Waals surface area contributed by atoms with E-state index in [1.165, 1.54) is 5.56 Å². The first-order valence-corrected chi connectivity index (χ1v) is 9.08. The molecule has 0 radical (unpaired) electrons. The number of fused-ring (bicyclic) bond motifs is 2. The molecular formula is C21H21N3O2. The molecule has 2 aromatic carbocycles. The van der Waals surface area contributed by atoms with Crippen molar-refractivity contribution in [3.8, 4) is 0 Å². The minimum Gasteiger partial charge on any atom is -0.312 e. The highest BCUT2D eigenvalue weighted by atomic mass is 16.2. The van der Waals surface area contributed by atoms with Crippen LogP contribution in [0.15, 0.2) is 53.3 Å². The van der Waals surface area contributed by atoms with Gasteiger partial charge in [0.25, 0.3) is 5.56 Å². The molecular weight excluding hydrogens is 326 g/mol. The molecule has 3 aromatic rings. The summed E-state index contributed by atoms with van der Waals surface area (Å²) >= 11 is 0. The van der Waals surface area contributed by atoms with Crippen LogP contribution in [0, 0.1) is 0 Å².